The topological polar surface area (TPSA) is 86.2 Å². The molecule has 0 radical (unpaired) electrons. The predicted molar refractivity (Wildman–Crippen MR) is 122 cm³/mol. The maximum atomic E-state index is 12.3. The van der Waals surface area contributed by atoms with Gasteiger partial charge in [0.15, 0.2) is 18.1 Å². The molecule has 3 aromatic carbocycles. The van der Waals surface area contributed by atoms with Gasteiger partial charge >= 0.3 is 5.97 Å². The summed E-state index contributed by atoms with van der Waals surface area (Å²) in [5.41, 5.74) is 4.33. The van der Waals surface area contributed by atoms with Gasteiger partial charge < -0.3 is 14.2 Å². The Morgan fingerprint density at radius 1 is 1.00 bits per heavy atom. The zero-order chi connectivity index (χ0) is 22.9. The SMILES string of the molecule is COc1cc(C=NNC(=O)COc2ccccc2C)ccc1OC(=O)c1ccc(Cl)cc1. The first-order valence-electron chi connectivity index (χ1n) is 9.62. The van der Waals surface area contributed by atoms with Crippen molar-refractivity contribution < 1.29 is 23.8 Å². The van der Waals surface area contributed by atoms with E-state index in [1.807, 2.05) is 25.1 Å². The van der Waals surface area contributed by atoms with E-state index in [2.05, 4.69) is 10.5 Å². The van der Waals surface area contributed by atoms with Gasteiger partial charge in [0.2, 0.25) is 0 Å². The van der Waals surface area contributed by atoms with Crippen LogP contribution < -0.4 is 19.6 Å². The number of hydrogen-bond donors (Lipinski definition) is 1. The standard InChI is InChI=1S/C24H21ClN2O5/c1-16-5-3-4-6-20(16)31-15-23(28)27-26-14-17-7-12-21(22(13-17)30-2)32-24(29)18-8-10-19(25)11-9-18/h3-14H,15H2,1-2H3,(H,27,28). The molecular formula is C24H21ClN2O5. The van der Waals surface area contributed by atoms with Crippen molar-refractivity contribution >= 4 is 29.7 Å². The first kappa shape index (κ1) is 22.8. The van der Waals surface area contributed by atoms with Crippen LogP contribution in [0.1, 0.15) is 21.5 Å². The number of ether oxygens (including phenoxy) is 3. The minimum Gasteiger partial charge on any atom is -0.493 e. The first-order valence-corrected chi connectivity index (χ1v) is 10.00. The Bertz CT molecular complexity index is 1130. The lowest BCUT2D eigenvalue weighted by Gasteiger charge is -2.10. The van der Waals surface area contributed by atoms with Crippen molar-refractivity contribution in [3.05, 3.63) is 88.4 Å². The molecule has 7 nitrogen and oxygen atoms in total. The average molecular weight is 453 g/mol. The zero-order valence-electron chi connectivity index (χ0n) is 17.5. The van der Waals surface area contributed by atoms with Crippen molar-refractivity contribution in [1.29, 1.82) is 0 Å². The second-order valence-electron chi connectivity index (χ2n) is 6.65. The molecule has 0 heterocycles. The van der Waals surface area contributed by atoms with Gasteiger partial charge in [-0.1, -0.05) is 29.8 Å². The summed E-state index contributed by atoms with van der Waals surface area (Å²) in [5.74, 6) is 0.290. The first-order chi connectivity index (χ1) is 15.5. The molecule has 0 unspecified atom stereocenters. The van der Waals surface area contributed by atoms with Crippen LogP contribution in [0.25, 0.3) is 0 Å². The Hall–Kier alpha value is -3.84. The van der Waals surface area contributed by atoms with Gasteiger partial charge in [-0.15, -0.1) is 0 Å². The quantitative estimate of drug-likeness (QED) is 0.237. The fraction of sp³-hybridized carbons (Fsp3) is 0.125. The number of para-hydroxylation sites is 1. The van der Waals surface area contributed by atoms with Gasteiger partial charge in [-0.25, -0.2) is 10.2 Å². The number of benzene rings is 3. The summed E-state index contributed by atoms with van der Waals surface area (Å²) in [7, 11) is 1.46. The normalized spacial score (nSPS) is 10.6. The average Bonchev–Trinajstić information content (AvgIpc) is 2.79. The number of rotatable bonds is 8. The molecule has 0 spiro atoms. The fourth-order valence-corrected chi connectivity index (χ4v) is 2.79. The number of amides is 1. The lowest BCUT2D eigenvalue weighted by Crippen LogP contribution is -2.24. The van der Waals surface area contributed by atoms with Crippen molar-refractivity contribution in [1.82, 2.24) is 5.43 Å². The molecule has 0 aromatic heterocycles. The Labute approximate surface area is 190 Å². The van der Waals surface area contributed by atoms with Gasteiger partial charge in [-0.3, -0.25) is 4.79 Å². The summed E-state index contributed by atoms with van der Waals surface area (Å²) < 4.78 is 16.2. The summed E-state index contributed by atoms with van der Waals surface area (Å²) in [6.45, 7) is 1.74. The van der Waals surface area contributed by atoms with Crippen molar-refractivity contribution in [2.45, 2.75) is 6.92 Å². The lowest BCUT2D eigenvalue weighted by atomic mass is 10.2. The molecule has 1 N–H and O–H groups in total. The minimum atomic E-state index is -0.540. The number of esters is 1. The number of nitrogens with one attached hydrogen (secondary N) is 1. The van der Waals surface area contributed by atoms with Crippen LogP contribution in [0, 0.1) is 6.92 Å². The van der Waals surface area contributed by atoms with Gasteiger partial charge in [-0.05, 0) is 66.6 Å². The zero-order valence-corrected chi connectivity index (χ0v) is 18.3. The number of nitrogens with zero attached hydrogens (tertiary/aromatic N) is 1. The predicted octanol–water partition coefficient (Wildman–Crippen LogP) is 4.41. The van der Waals surface area contributed by atoms with Crippen LogP contribution >= 0.6 is 11.6 Å². The third kappa shape index (κ3) is 6.33. The molecule has 0 atom stereocenters. The van der Waals surface area contributed by atoms with E-state index in [1.54, 1.807) is 48.5 Å². The van der Waals surface area contributed by atoms with E-state index >= 15 is 0 Å². The summed E-state index contributed by atoms with van der Waals surface area (Å²) in [5, 5.41) is 4.44. The minimum absolute atomic E-state index is 0.162. The largest absolute Gasteiger partial charge is 0.493 e. The molecule has 164 valence electrons. The van der Waals surface area contributed by atoms with Crippen LogP contribution in [-0.2, 0) is 4.79 Å². The Balaban J connectivity index is 1.57. The Kier molecular flexibility index (Phi) is 7.83. The molecule has 0 fully saturated rings. The molecule has 8 heteroatoms. The van der Waals surface area contributed by atoms with Gasteiger partial charge in [0, 0.05) is 5.02 Å². The van der Waals surface area contributed by atoms with E-state index in [-0.39, 0.29) is 12.4 Å². The van der Waals surface area contributed by atoms with Gasteiger partial charge in [0.25, 0.3) is 5.91 Å². The van der Waals surface area contributed by atoms with E-state index < -0.39 is 11.9 Å². The van der Waals surface area contributed by atoms with Crippen LogP contribution in [-0.4, -0.2) is 31.8 Å². The molecule has 32 heavy (non-hydrogen) atoms. The van der Waals surface area contributed by atoms with Crippen LogP contribution in [0.2, 0.25) is 5.02 Å². The van der Waals surface area contributed by atoms with E-state index in [1.165, 1.54) is 13.3 Å². The maximum Gasteiger partial charge on any atom is 0.343 e. The number of carbonyl (C=O) groups is 2. The number of methoxy groups -OCH3 is 1. The van der Waals surface area contributed by atoms with Gasteiger partial charge in [-0.2, -0.15) is 5.10 Å². The van der Waals surface area contributed by atoms with E-state index in [0.29, 0.717) is 27.6 Å². The fourth-order valence-electron chi connectivity index (χ4n) is 2.67. The van der Waals surface area contributed by atoms with E-state index in [4.69, 9.17) is 25.8 Å². The smallest absolute Gasteiger partial charge is 0.343 e. The molecule has 0 aliphatic rings. The van der Waals surface area contributed by atoms with Gasteiger partial charge in [0.1, 0.15) is 5.75 Å². The number of hydrazone groups is 1. The second-order valence-corrected chi connectivity index (χ2v) is 7.09. The van der Waals surface area contributed by atoms with Crippen molar-refractivity contribution in [2.24, 2.45) is 5.10 Å². The Morgan fingerprint density at radius 3 is 2.47 bits per heavy atom. The molecule has 0 aliphatic heterocycles. The van der Waals surface area contributed by atoms with Crippen LogP contribution in [0.3, 0.4) is 0 Å². The maximum absolute atomic E-state index is 12.3. The molecule has 0 bridgehead atoms. The van der Waals surface area contributed by atoms with E-state index in [0.717, 1.165) is 5.56 Å². The van der Waals surface area contributed by atoms with Crippen LogP contribution in [0.5, 0.6) is 17.2 Å². The highest BCUT2D eigenvalue weighted by Crippen LogP contribution is 2.28. The number of carbonyl (C=O) groups excluding carboxylic acids is 2. The highest BCUT2D eigenvalue weighted by molar-refractivity contribution is 6.30. The molecule has 3 rings (SSSR count). The third-order valence-corrected chi connectivity index (χ3v) is 4.58. The van der Waals surface area contributed by atoms with Crippen LogP contribution in [0.15, 0.2) is 71.8 Å². The molecular weight excluding hydrogens is 432 g/mol. The number of hydrogen-bond acceptors (Lipinski definition) is 6. The molecule has 0 aliphatic carbocycles. The molecule has 1 amide bonds. The molecule has 0 saturated carbocycles. The number of aryl methyl sites for hydroxylation is 1. The third-order valence-electron chi connectivity index (χ3n) is 4.33. The number of halogens is 1. The van der Waals surface area contributed by atoms with E-state index in [9.17, 15) is 9.59 Å². The highest BCUT2D eigenvalue weighted by atomic mass is 35.5. The summed E-state index contributed by atoms with van der Waals surface area (Å²) in [6, 6.07) is 18.7. The highest BCUT2D eigenvalue weighted by Gasteiger charge is 2.13. The lowest BCUT2D eigenvalue weighted by molar-refractivity contribution is -0.123. The molecule has 0 saturated heterocycles. The summed E-state index contributed by atoms with van der Waals surface area (Å²) in [6.07, 6.45) is 1.44. The summed E-state index contributed by atoms with van der Waals surface area (Å²) >= 11 is 5.84. The summed E-state index contributed by atoms with van der Waals surface area (Å²) in [4.78, 5) is 24.2. The molecule has 3 aromatic rings. The van der Waals surface area contributed by atoms with Crippen molar-refractivity contribution in [3.8, 4) is 17.2 Å². The van der Waals surface area contributed by atoms with Crippen molar-refractivity contribution in [2.75, 3.05) is 13.7 Å². The van der Waals surface area contributed by atoms with Crippen molar-refractivity contribution in [3.63, 3.8) is 0 Å². The Morgan fingerprint density at radius 2 is 1.75 bits per heavy atom. The van der Waals surface area contributed by atoms with Gasteiger partial charge in [0.05, 0.1) is 18.9 Å². The monoisotopic (exact) mass is 452 g/mol. The van der Waals surface area contributed by atoms with Crippen LogP contribution in [0.4, 0.5) is 0 Å². The second kappa shape index (κ2) is 11.0.